The molecule has 4 aromatic heterocycles. The Hall–Kier alpha value is -3.69. The summed E-state index contributed by atoms with van der Waals surface area (Å²) in [6.45, 7) is 3.59. The van der Waals surface area contributed by atoms with Crippen LogP contribution in [0.1, 0.15) is 18.3 Å². The van der Waals surface area contributed by atoms with E-state index < -0.39 is 17.6 Å². The van der Waals surface area contributed by atoms with E-state index >= 15 is 0 Å². The van der Waals surface area contributed by atoms with Crippen LogP contribution in [0, 0.1) is 18.7 Å². The summed E-state index contributed by atoms with van der Waals surface area (Å²) in [6.07, 6.45) is 3.74. The number of hydrogen-bond acceptors (Lipinski definition) is 5. The Labute approximate surface area is 151 Å². The van der Waals surface area contributed by atoms with Gasteiger partial charge in [-0.15, -0.1) is 5.10 Å². The number of halogens is 2. The summed E-state index contributed by atoms with van der Waals surface area (Å²) < 4.78 is 33.9. The lowest BCUT2D eigenvalue weighted by Crippen LogP contribution is -1.96. The van der Waals surface area contributed by atoms with Crippen molar-refractivity contribution in [2.24, 2.45) is 0 Å². The molecule has 0 spiro atoms. The first-order valence-electron chi connectivity index (χ1n) is 8.06. The van der Waals surface area contributed by atoms with Gasteiger partial charge in [0.05, 0.1) is 5.69 Å². The second kappa shape index (κ2) is 6.56. The van der Waals surface area contributed by atoms with Crippen LogP contribution in [0.15, 0.2) is 24.3 Å². The zero-order valence-electron chi connectivity index (χ0n) is 14.4. The predicted molar refractivity (Wildman–Crippen MR) is 96.0 cm³/mol. The number of fused-ring (bicyclic) bond motifs is 1. The number of H-pyrrole nitrogens is 3. The topological polar surface area (TPSA) is 107 Å². The van der Waals surface area contributed by atoms with Gasteiger partial charge in [-0.3, -0.25) is 10.2 Å². The number of rotatable bonds is 5. The maximum absolute atomic E-state index is 14.5. The van der Waals surface area contributed by atoms with E-state index in [0.717, 1.165) is 5.69 Å². The fourth-order valence-electron chi connectivity index (χ4n) is 2.62. The van der Waals surface area contributed by atoms with E-state index in [9.17, 15) is 8.78 Å². The van der Waals surface area contributed by atoms with E-state index in [1.807, 2.05) is 19.1 Å². The summed E-state index contributed by atoms with van der Waals surface area (Å²) in [7, 11) is 0. The Bertz CT molecular complexity index is 1140. The molecule has 0 atom stereocenters. The van der Waals surface area contributed by atoms with Crippen molar-refractivity contribution in [3.63, 3.8) is 0 Å². The highest BCUT2D eigenvalue weighted by Gasteiger charge is 2.18. The molecule has 0 aliphatic heterocycles. The molecule has 0 radical (unpaired) electrons. The van der Waals surface area contributed by atoms with Crippen LogP contribution in [-0.2, 0) is 0 Å². The number of nitrogens with one attached hydrogen (secondary N) is 4. The van der Waals surface area contributed by atoms with Crippen molar-refractivity contribution in [2.45, 2.75) is 13.8 Å². The van der Waals surface area contributed by atoms with Crippen molar-refractivity contribution in [1.82, 2.24) is 30.4 Å². The van der Waals surface area contributed by atoms with Gasteiger partial charge in [-0.25, -0.2) is 4.39 Å². The molecule has 0 saturated carbocycles. The summed E-state index contributed by atoms with van der Waals surface area (Å²) in [6, 6.07) is 4.76. The largest absolute Gasteiger partial charge is 0.416 e. The first kappa shape index (κ1) is 16.8. The third-order valence-corrected chi connectivity index (χ3v) is 3.74. The number of aromatic nitrogens is 6. The van der Waals surface area contributed by atoms with E-state index in [1.165, 1.54) is 12.1 Å². The van der Waals surface area contributed by atoms with Crippen LogP contribution >= 0.6 is 0 Å². The normalized spacial score (nSPS) is 11.6. The number of ether oxygens (including phenoxy) is 1. The smallest absolute Gasteiger partial charge is 0.260 e. The number of aryl methyl sites for hydroxylation is 1. The molecule has 10 heteroatoms. The maximum Gasteiger partial charge on any atom is 0.260 e. The second-order valence-electron chi connectivity index (χ2n) is 5.82. The molecule has 4 N–H and O–H groups in total. The van der Waals surface area contributed by atoms with Crippen molar-refractivity contribution >= 4 is 28.6 Å². The highest BCUT2D eigenvalue weighted by Crippen LogP contribution is 2.30. The van der Waals surface area contributed by atoms with Gasteiger partial charge >= 0.3 is 0 Å². The van der Waals surface area contributed by atoms with Crippen LogP contribution in [0.25, 0.3) is 17.0 Å². The Morgan fingerprint density at radius 2 is 2.00 bits per heavy atom. The van der Waals surface area contributed by atoms with Gasteiger partial charge in [0, 0.05) is 23.2 Å². The average Bonchev–Trinajstić information content (AvgIpc) is 3.34. The third kappa shape index (κ3) is 3.24. The average molecular weight is 371 g/mol. The molecule has 0 bridgehead atoms. The van der Waals surface area contributed by atoms with Gasteiger partial charge in [0.1, 0.15) is 11.3 Å². The minimum Gasteiger partial charge on any atom is -0.416 e. The van der Waals surface area contributed by atoms with Crippen LogP contribution in [0.4, 0.5) is 20.4 Å². The fraction of sp³-hybridized carbons (Fsp3) is 0.118. The molecule has 0 aliphatic carbocycles. The van der Waals surface area contributed by atoms with Gasteiger partial charge in [-0.1, -0.05) is 6.08 Å². The van der Waals surface area contributed by atoms with Gasteiger partial charge in [0.25, 0.3) is 5.88 Å². The molecule has 0 aromatic carbocycles. The Morgan fingerprint density at radius 3 is 2.81 bits per heavy atom. The lowest BCUT2D eigenvalue weighted by atomic mass is 10.3. The molecule has 4 aromatic rings. The lowest BCUT2D eigenvalue weighted by molar-refractivity contribution is 0.400. The third-order valence-electron chi connectivity index (χ3n) is 3.74. The van der Waals surface area contributed by atoms with Crippen molar-refractivity contribution in [2.75, 3.05) is 5.32 Å². The number of anilines is 2. The molecule has 138 valence electrons. The molecule has 0 saturated heterocycles. The van der Waals surface area contributed by atoms with E-state index in [1.54, 1.807) is 13.0 Å². The summed E-state index contributed by atoms with van der Waals surface area (Å²) >= 11 is 0. The fourth-order valence-corrected chi connectivity index (χ4v) is 2.62. The van der Waals surface area contributed by atoms with Crippen LogP contribution in [0.2, 0.25) is 0 Å². The monoisotopic (exact) mass is 371 g/mol. The molecule has 0 amide bonds. The van der Waals surface area contributed by atoms with Crippen molar-refractivity contribution in [3.8, 4) is 11.8 Å². The minimum absolute atomic E-state index is 0.00259. The van der Waals surface area contributed by atoms with Crippen molar-refractivity contribution < 1.29 is 13.5 Å². The van der Waals surface area contributed by atoms with E-state index in [4.69, 9.17) is 4.74 Å². The van der Waals surface area contributed by atoms with Crippen LogP contribution in [0.3, 0.4) is 0 Å². The second-order valence-corrected chi connectivity index (χ2v) is 5.82. The van der Waals surface area contributed by atoms with Gasteiger partial charge in [-0.05, 0) is 26.0 Å². The first-order valence-corrected chi connectivity index (χ1v) is 8.06. The molecular weight excluding hydrogens is 356 g/mol. The molecule has 0 aliphatic rings. The number of allylic oxidation sites excluding steroid dienone is 1. The number of aromatic amines is 3. The SMILES string of the molecule is C/C=C/c1cc(Nc2cc(Oc3nc(F)c4[nH]c(C)cc4c3F)n[nH]2)n[nH]1. The zero-order valence-corrected chi connectivity index (χ0v) is 14.4. The number of pyridine rings is 1. The minimum atomic E-state index is -0.851. The molecule has 4 heterocycles. The maximum atomic E-state index is 14.5. The van der Waals surface area contributed by atoms with E-state index in [0.29, 0.717) is 17.3 Å². The van der Waals surface area contributed by atoms with Crippen LogP contribution in [-0.4, -0.2) is 30.4 Å². The van der Waals surface area contributed by atoms with Gasteiger partial charge in [0.15, 0.2) is 11.6 Å². The number of hydrogen-bond donors (Lipinski definition) is 4. The van der Waals surface area contributed by atoms with Crippen LogP contribution in [0.5, 0.6) is 11.8 Å². The zero-order chi connectivity index (χ0) is 19.0. The molecule has 0 fully saturated rings. The van der Waals surface area contributed by atoms with Crippen molar-refractivity contribution in [1.29, 1.82) is 0 Å². The van der Waals surface area contributed by atoms with E-state index in [2.05, 4.69) is 35.7 Å². The van der Waals surface area contributed by atoms with Gasteiger partial charge in [0.2, 0.25) is 11.8 Å². The lowest BCUT2D eigenvalue weighted by Gasteiger charge is -2.03. The Balaban J connectivity index is 1.55. The van der Waals surface area contributed by atoms with Gasteiger partial charge in [-0.2, -0.15) is 14.5 Å². The quantitative estimate of drug-likeness (QED) is 0.394. The summed E-state index contributed by atoms with van der Waals surface area (Å²) in [5.74, 6) is -1.07. The van der Waals surface area contributed by atoms with E-state index in [-0.39, 0.29) is 16.8 Å². The molecule has 0 unspecified atom stereocenters. The molecule has 4 rings (SSSR count). The van der Waals surface area contributed by atoms with Crippen LogP contribution < -0.4 is 10.1 Å². The summed E-state index contributed by atoms with van der Waals surface area (Å²) in [5.41, 5.74) is 1.44. The first-order chi connectivity index (χ1) is 13.0. The summed E-state index contributed by atoms with van der Waals surface area (Å²) in [5, 5.41) is 16.6. The van der Waals surface area contributed by atoms with Gasteiger partial charge < -0.3 is 15.0 Å². The Morgan fingerprint density at radius 1 is 1.15 bits per heavy atom. The standard InChI is InChI=1S/C17H15F2N7O/c1-3-4-9-6-11(24-23-9)21-12-7-13(26-25-12)27-17-14(18)10-5-8(2)20-15(10)16(19)22-17/h3-7,20H,1-2H3,(H3,21,23,24,25,26)/b4-3+. The molecule has 8 nitrogen and oxygen atoms in total. The highest BCUT2D eigenvalue weighted by molar-refractivity contribution is 5.82. The van der Waals surface area contributed by atoms with Crippen molar-refractivity contribution in [3.05, 3.63) is 47.4 Å². The highest BCUT2D eigenvalue weighted by atomic mass is 19.1. The molecule has 27 heavy (non-hydrogen) atoms. The predicted octanol–water partition coefficient (Wildman–Crippen LogP) is 4.16. The Kier molecular flexibility index (Phi) is 4.07. The number of nitrogens with zero attached hydrogens (tertiary/aromatic N) is 3. The summed E-state index contributed by atoms with van der Waals surface area (Å²) in [4.78, 5) is 6.25. The molecular formula is C17H15F2N7O.